The minimum atomic E-state index is -3.65. The van der Waals surface area contributed by atoms with Gasteiger partial charge < -0.3 is 4.42 Å². The molecule has 0 amide bonds. The highest BCUT2D eigenvalue weighted by atomic mass is 32.2. The molecule has 0 saturated carbocycles. The lowest BCUT2D eigenvalue weighted by Crippen LogP contribution is -2.30. The van der Waals surface area contributed by atoms with E-state index in [1.54, 1.807) is 32.0 Å². The summed E-state index contributed by atoms with van der Waals surface area (Å²) < 4.78 is 31.8. The van der Waals surface area contributed by atoms with Crippen molar-refractivity contribution in [2.75, 3.05) is 6.54 Å². The van der Waals surface area contributed by atoms with Gasteiger partial charge in [-0.2, -0.15) is 4.31 Å². The number of ketones is 1. The first kappa shape index (κ1) is 16.5. The van der Waals surface area contributed by atoms with Gasteiger partial charge in [-0.05, 0) is 18.2 Å². The Kier molecular flexibility index (Phi) is 5.15. The van der Waals surface area contributed by atoms with Crippen LogP contribution in [0.25, 0.3) is 0 Å². The quantitative estimate of drug-likeness (QED) is 0.735. The van der Waals surface area contributed by atoms with Gasteiger partial charge in [-0.15, -0.1) is 0 Å². The highest BCUT2D eigenvalue weighted by Gasteiger charge is 2.24. The Hall–Kier alpha value is -1.92. The summed E-state index contributed by atoms with van der Waals surface area (Å²) in [5, 5.41) is 0. The van der Waals surface area contributed by atoms with Crippen molar-refractivity contribution in [1.82, 2.24) is 4.31 Å². The Morgan fingerprint density at radius 1 is 1.23 bits per heavy atom. The number of carbonyl (C=O) groups excluding carboxylic acids is 1. The van der Waals surface area contributed by atoms with Crippen molar-refractivity contribution in [2.24, 2.45) is 0 Å². The minimum Gasteiger partial charge on any atom is -0.472 e. The molecule has 2 aromatic rings. The predicted octanol–water partition coefficient (Wildman–Crippen LogP) is 3.08. The lowest BCUT2D eigenvalue weighted by Gasteiger charge is -2.20. The zero-order valence-electron chi connectivity index (χ0n) is 12.7. The molecule has 1 aromatic heterocycles. The van der Waals surface area contributed by atoms with E-state index < -0.39 is 10.0 Å². The highest BCUT2D eigenvalue weighted by molar-refractivity contribution is 7.89. The number of benzene rings is 1. The molecular weight excluding hydrogens is 302 g/mol. The summed E-state index contributed by atoms with van der Waals surface area (Å²) in [6.45, 7) is 4.10. The Bertz CT molecular complexity index is 735. The molecule has 6 heteroatoms. The van der Waals surface area contributed by atoms with E-state index in [2.05, 4.69) is 0 Å². The monoisotopic (exact) mass is 321 g/mol. The number of rotatable bonds is 7. The first-order valence-electron chi connectivity index (χ1n) is 7.13. The Labute approximate surface area is 130 Å². The zero-order valence-corrected chi connectivity index (χ0v) is 13.5. The van der Waals surface area contributed by atoms with E-state index in [0.717, 1.165) is 5.56 Å². The third-order valence-electron chi connectivity index (χ3n) is 3.41. The molecule has 0 aliphatic rings. The Morgan fingerprint density at radius 3 is 2.59 bits per heavy atom. The molecule has 1 heterocycles. The standard InChI is InChI=1S/C16H19NO4S/c1-3-16(18)14-6-5-7-15(10-14)22(19,20)17(4-2)11-13-8-9-21-12-13/h5-10,12H,3-4,11H2,1-2H3. The lowest BCUT2D eigenvalue weighted by molar-refractivity contribution is 0.0988. The number of furan rings is 1. The van der Waals surface area contributed by atoms with Crippen molar-refractivity contribution in [1.29, 1.82) is 0 Å². The van der Waals surface area contributed by atoms with Crippen LogP contribution in [-0.2, 0) is 16.6 Å². The fourth-order valence-electron chi connectivity index (χ4n) is 2.14. The molecule has 0 bridgehead atoms. The third-order valence-corrected chi connectivity index (χ3v) is 5.32. The second-order valence-electron chi connectivity index (χ2n) is 4.87. The molecule has 0 aliphatic carbocycles. The molecule has 118 valence electrons. The maximum atomic E-state index is 12.7. The van der Waals surface area contributed by atoms with Gasteiger partial charge >= 0.3 is 0 Å². The van der Waals surface area contributed by atoms with Crippen LogP contribution in [0.5, 0.6) is 0 Å². The summed E-state index contributed by atoms with van der Waals surface area (Å²) in [4.78, 5) is 11.9. The molecule has 0 fully saturated rings. The first-order chi connectivity index (χ1) is 10.5. The van der Waals surface area contributed by atoms with Gasteiger partial charge in [0, 0.05) is 30.6 Å². The van der Waals surface area contributed by atoms with Crippen molar-refractivity contribution in [3.63, 3.8) is 0 Å². The number of Topliss-reactive ketones (excluding diaryl/α,β-unsaturated/α-hetero) is 1. The van der Waals surface area contributed by atoms with E-state index in [4.69, 9.17) is 4.42 Å². The minimum absolute atomic E-state index is 0.0741. The van der Waals surface area contributed by atoms with Crippen molar-refractivity contribution < 1.29 is 17.6 Å². The molecule has 2 rings (SSSR count). The van der Waals surface area contributed by atoms with E-state index in [-0.39, 0.29) is 17.2 Å². The number of hydrogen-bond donors (Lipinski definition) is 0. The van der Waals surface area contributed by atoms with E-state index >= 15 is 0 Å². The van der Waals surface area contributed by atoms with Crippen LogP contribution in [0.3, 0.4) is 0 Å². The van der Waals surface area contributed by atoms with Crippen LogP contribution >= 0.6 is 0 Å². The van der Waals surface area contributed by atoms with Gasteiger partial charge in [0.15, 0.2) is 5.78 Å². The summed E-state index contributed by atoms with van der Waals surface area (Å²) >= 11 is 0. The Morgan fingerprint density at radius 2 is 2.00 bits per heavy atom. The smallest absolute Gasteiger partial charge is 0.243 e. The molecule has 22 heavy (non-hydrogen) atoms. The van der Waals surface area contributed by atoms with Crippen LogP contribution in [0, 0.1) is 0 Å². The molecule has 0 spiro atoms. The molecule has 0 aliphatic heterocycles. The summed E-state index contributed by atoms with van der Waals surface area (Å²) in [7, 11) is -3.65. The van der Waals surface area contributed by atoms with Crippen LogP contribution < -0.4 is 0 Å². The molecule has 0 saturated heterocycles. The fourth-order valence-corrected chi connectivity index (χ4v) is 3.62. The number of nitrogens with zero attached hydrogens (tertiary/aromatic N) is 1. The molecule has 0 N–H and O–H groups in total. The van der Waals surface area contributed by atoms with Crippen LogP contribution in [0.15, 0.2) is 52.2 Å². The fraction of sp³-hybridized carbons (Fsp3) is 0.312. The van der Waals surface area contributed by atoms with Crippen LogP contribution in [0.1, 0.15) is 36.2 Å². The normalized spacial score (nSPS) is 11.8. The van der Waals surface area contributed by atoms with Gasteiger partial charge in [0.1, 0.15) is 0 Å². The summed E-state index contributed by atoms with van der Waals surface area (Å²) in [6.07, 6.45) is 3.38. The second-order valence-corrected chi connectivity index (χ2v) is 6.81. The molecular formula is C16H19NO4S. The maximum absolute atomic E-state index is 12.7. The third kappa shape index (κ3) is 3.45. The van der Waals surface area contributed by atoms with E-state index in [9.17, 15) is 13.2 Å². The van der Waals surface area contributed by atoms with E-state index in [1.807, 2.05) is 0 Å². The number of sulfonamides is 1. The topological polar surface area (TPSA) is 67.6 Å². The average molecular weight is 321 g/mol. The van der Waals surface area contributed by atoms with Gasteiger partial charge in [0.05, 0.1) is 17.4 Å². The van der Waals surface area contributed by atoms with Crippen LogP contribution in [0.2, 0.25) is 0 Å². The zero-order chi connectivity index (χ0) is 16.2. The van der Waals surface area contributed by atoms with Gasteiger partial charge in [-0.3, -0.25) is 4.79 Å². The average Bonchev–Trinajstić information content (AvgIpc) is 3.04. The predicted molar refractivity (Wildman–Crippen MR) is 83.0 cm³/mol. The molecule has 0 atom stereocenters. The molecule has 0 unspecified atom stereocenters. The van der Waals surface area contributed by atoms with Gasteiger partial charge in [-0.1, -0.05) is 26.0 Å². The molecule has 1 aromatic carbocycles. The van der Waals surface area contributed by atoms with Crippen molar-refractivity contribution >= 4 is 15.8 Å². The van der Waals surface area contributed by atoms with Crippen molar-refractivity contribution in [3.05, 3.63) is 54.0 Å². The van der Waals surface area contributed by atoms with Gasteiger partial charge in [0.2, 0.25) is 10.0 Å². The SMILES string of the molecule is CCC(=O)c1cccc(S(=O)(=O)N(CC)Cc2ccoc2)c1. The van der Waals surface area contributed by atoms with Gasteiger partial charge in [0.25, 0.3) is 0 Å². The van der Waals surface area contributed by atoms with E-state index in [1.165, 1.54) is 29.0 Å². The maximum Gasteiger partial charge on any atom is 0.243 e. The van der Waals surface area contributed by atoms with Gasteiger partial charge in [-0.25, -0.2) is 8.42 Å². The lowest BCUT2D eigenvalue weighted by atomic mass is 10.1. The summed E-state index contributed by atoms with van der Waals surface area (Å²) in [6, 6.07) is 7.92. The molecule has 0 radical (unpaired) electrons. The van der Waals surface area contributed by atoms with E-state index in [0.29, 0.717) is 18.5 Å². The van der Waals surface area contributed by atoms with Crippen molar-refractivity contribution in [2.45, 2.75) is 31.7 Å². The van der Waals surface area contributed by atoms with Crippen molar-refractivity contribution in [3.8, 4) is 0 Å². The molecule has 5 nitrogen and oxygen atoms in total. The Balaban J connectivity index is 2.33. The van der Waals surface area contributed by atoms with Crippen LogP contribution in [0.4, 0.5) is 0 Å². The summed E-state index contributed by atoms with van der Waals surface area (Å²) in [5.41, 5.74) is 1.20. The number of carbonyl (C=O) groups is 1. The highest BCUT2D eigenvalue weighted by Crippen LogP contribution is 2.20. The number of hydrogen-bond acceptors (Lipinski definition) is 4. The van der Waals surface area contributed by atoms with Crippen LogP contribution in [-0.4, -0.2) is 25.1 Å². The summed E-state index contributed by atoms with van der Waals surface area (Å²) in [5.74, 6) is -0.0741. The largest absolute Gasteiger partial charge is 0.472 e. The first-order valence-corrected chi connectivity index (χ1v) is 8.57. The second kappa shape index (κ2) is 6.89.